The Morgan fingerprint density at radius 3 is 2.94 bits per heavy atom. The van der Waals surface area contributed by atoms with Crippen LogP contribution in [0.4, 0.5) is 5.69 Å². The Bertz CT molecular complexity index is 522. The van der Waals surface area contributed by atoms with Gasteiger partial charge in [-0.15, -0.1) is 11.8 Å². The van der Waals surface area contributed by atoms with Crippen molar-refractivity contribution in [1.82, 2.24) is 10.1 Å². The molecule has 2 aromatic rings. The zero-order valence-electron chi connectivity index (χ0n) is 9.30. The fourth-order valence-electron chi connectivity index (χ4n) is 1.59. The highest BCUT2D eigenvalue weighted by molar-refractivity contribution is 7.98. The Morgan fingerprint density at radius 2 is 2.18 bits per heavy atom. The van der Waals surface area contributed by atoms with Gasteiger partial charge >= 0.3 is 0 Å². The highest BCUT2D eigenvalue weighted by Crippen LogP contribution is 2.38. The normalized spacial score (nSPS) is 15.1. The molecular weight excluding hydrogens is 234 g/mol. The smallest absolute Gasteiger partial charge is 0.237 e. The van der Waals surface area contributed by atoms with Gasteiger partial charge in [-0.05, 0) is 25.0 Å². The van der Waals surface area contributed by atoms with Crippen LogP contribution in [0.1, 0.15) is 30.5 Å². The van der Waals surface area contributed by atoms with Crippen LogP contribution >= 0.6 is 11.8 Å². The van der Waals surface area contributed by atoms with Crippen molar-refractivity contribution < 1.29 is 4.52 Å². The van der Waals surface area contributed by atoms with Gasteiger partial charge in [0.15, 0.2) is 5.82 Å². The van der Waals surface area contributed by atoms with Crippen LogP contribution in [0.25, 0.3) is 0 Å². The van der Waals surface area contributed by atoms with Gasteiger partial charge in [0.1, 0.15) is 0 Å². The predicted molar refractivity (Wildman–Crippen MR) is 66.7 cm³/mol. The predicted octanol–water partition coefficient (Wildman–Crippen LogP) is 2.82. The number of para-hydroxylation sites is 1. The minimum absolute atomic E-state index is 0.541. The molecule has 3 rings (SSSR count). The van der Waals surface area contributed by atoms with Crippen LogP contribution in [-0.2, 0) is 5.75 Å². The first kappa shape index (κ1) is 10.7. The van der Waals surface area contributed by atoms with Crippen LogP contribution in [0.5, 0.6) is 0 Å². The molecule has 0 radical (unpaired) electrons. The average Bonchev–Trinajstić information content (AvgIpc) is 3.08. The molecule has 0 saturated heterocycles. The lowest BCUT2D eigenvalue weighted by Crippen LogP contribution is -1.88. The Morgan fingerprint density at radius 1 is 1.35 bits per heavy atom. The third kappa shape index (κ3) is 2.44. The number of benzene rings is 1. The quantitative estimate of drug-likeness (QED) is 0.664. The molecule has 1 aromatic heterocycles. The summed E-state index contributed by atoms with van der Waals surface area (Å²) in [5, 5.41) is 3.98. The highest BCUT2D eigenvalue weighted by atomic mass is 32.2. The van der Waals surface area contributed by atoms with Gasteiger partial charge in [0.2, 0.25) is 5.89 Å². The molecule has 1 saturated carbocycles. The second kappa shape index (κ2) is 4.41. The first-order chi connectivity index (χ1) is 8.33. The van der Waals surface area contributed by atoms with Crippen LogP contribution in [0, 0.1) is 0 Å². The van der Waals surface area contributed by atoms with Crippen molar-refractivity contribution in [3.05, 3.63) is 36.0 Å². The topological polar surface area (TPSA) is 64.9 Å². The molecule has 1 aliphatic rings. The van der Waals surface area contributed by atoms with Gasteiger partial charge in [0.25, 0.3) is 0 Å². The third-order valence-electron chi connectivity index (χ3n) is 2.70. The van der Waals surface area contributed by atoms with Crippen molar-refractivity contribution >= 4 is 17.4 Å². The first-order valence-electron chi connectivity index (χ1n) is 5.63. The molecule has 0 spiro atoms. The van der Waals surface area contributed by atoms with Gasteiger partial charge in [-0.3, -0.25) is 0 Å². The molecule has 1 heterocycles. The number of aromatic nitrogens is 2. The largest absolute Gasteiger partial charge is 0.398 e. The van der Waals surface area contributed by atoms with Crippen molar-refractivity contribution in [1.29, 1.82) is 0 Å². The third-order valence-corrected chi connectivity index (χ3v) is 3.77. The van der Waals surface area contributed by atoms with Crippen molar-refractivity contribution in [2.45, 2.75) is 29.4 Å². The fourth-order valence-corrected chi connectivity index (χ4v) is 2.39. The minimum Gasteiger partial charge on any atom is -0.398 e. The summed E-state index contributed by atoms with van der Waals surface area (Å²) in [6.45, 7) is 0. The summed E-state index contributed by atoms with van der Waals surface area (Å²) < 4.78 is 5.20. The molecule has 4 nitrogen and oxygen atoms in total. The van der Waals surface area contributed by atoms with E-state index in [2.05, 4.69) is 10.1 Å². The van der Waals surface area contributed by atoms with E-state index >= 15 is 0 Å². The van der Waals surface area contributed by atoms with E-state index < -0.39 is 0 Å². The lowest BCUT2D eigenvalue weighted by Gasteiger charge is -2.01. The number of hydrogen-bond donors (Lipinski definition) is 1. The van der Waals surface area contributed by atoms with E-state index in [1.165, 1.54) is 12.8 Å². The summed E-state index contributed by atoms with van der Waals surface area (Å²) in [5.74, 6) is 2.76. The maximum absolute atomic E-state index is 5.86. The molecule has 1 aromatic carbocycles. The Kier molecular flexibility index (Phi) is 2.76. The molecule has 0 bridgehead atoms. The first-order valence-corrected chi connectivity index (χ1v) is 6.61. The van der Waals surface area contributed by atoms with Gasteiger partial charge in [-0.1, -0.05) is 17.3 Å². The lowest BCUT2D eigenvalue weighted by molar-refractivity contribution is 0.385. The summed E-state index contributed by atoms with van der Waals surface area (Å²) >= 11 is 1.62. The Labute approximate surface area is 104 Å². The van der Waals surface area contributed by atoms with Crippen molar-refractivity contribution in [3.8, 4) is 0 Å². The van der Waals surface area contributed by atoms with Gasteiger partial charge in [0.05, 0.1) is 5.75 Å². The molecule has 1 fully saturated rings. The van der Waals surface area contributed by atoms with E-state index in [1.807, 2.05) is 24.3 Å². The minimum atomic E-state index is 0.541. The number of nitrogen functional groups attached to an aromatic ring is 1. The van der Waals surface area contributed by atoms with Crippen molar-refractivity contribution in [3.63, 3.8) is 0 Å². The number of hydrogen-bond acceptors (Lipinski definition) is 5. The molecule has 5 heteroatoms. The van der Waals surface area contributed by atoms with Crippen LogP contribution in [-0.4, -0.2) is 10.1 Å². The zero-order valence-corrected chi connectivity index (χ0v) is 10.1. The number of thioether (sulfide) groups is 1. The SMILES string of the molecule is Nc1ccccc1SCc1nc(C2CC2)no1. The molecule has 1 aliphatic carbocycles. The average molecular weight is 247 g/mol. The second-order valence-corrected chi connectivity index (χ2v) is 5.16. The molecule has 0 aliphatic heterocycles. The Balaban J connectivity index is 1.65. The van der Waals surface area contributed by atoms with E-state index in [4.69, 9.17) is 10.3 Å². The number of nitrogens with two attached hydrogens (primary N) is 1. The summed E-state index contributed by atoms with van der Waals surface area (Å²) in [6, 6.07) is 7.80. The fraction of sp³-hybridized carbons (Fsp3) is 0.333. The van der Waals surface area contributed by atoms with E-state index in [0.29, 0.717) is 17.6 Å². The monoisotopic (exact) mass is 247 g/mol. The van der Waals surface area contributed by atoms with E-state index in [9.17, 15) is 0 Å². The standard InChI is InChI=1S/C12H13N3OS/c13-9-3-1-2-4-10(9)17-7-11-14-12(15-16-11)8-5-6-8/h1-4,8H,5-7,13H2. The van der Waals surface area contributed by atoms with Crippen LogP contribution < -0.4 is 5.73 Å². The van der Waals surface area contributed by atoms with Crippen LogP contribution in [0.2, 0.25) is 0 Å². The summed E-state index contributed by atoms with van der Waals surface area (Å²) in [5.41, 5.74) is 6.65. The molecule has 17 heavy (non-hydrogen) atoms. The lowest BCUT2D eigenvalue weighted by atomic mass is 10.3. The van der Waals surface area contributed by atoms with Gasteiger partial charge < -0.3 is 10.3 Å². The second-order valence-electron chi connectivity index (χ2n) is 4.15. The molecule has 0 amide bonds. The number of anilines is 1. The van der Waals surface area contributed by atoms with Crippen molar-refractivity contribution in [2.24, 2.45) is 0 Å². The Hall–Kier alpha value is -1.49. The van der Waals surface area contributed by atoms with Crippen LogP contribution in [0.15, 0.2) is 33.7 Å². The molecule has 0 unspecified atom stereocenters. The summed E-state index contributed by atoms with van der Waals surface area (Å²) in [7, 11) is 0. The molecule has 0 atom stereocenters. The van der Waals surface area contributed by atoms with E-state index in [1.54, 1.807) is 11.8 Å². The molecule has 88 valence electrons. The van der Waals surface area contributed by atoms with Gasteiger partial charge in [0, 0.05) is 16.5 Å². The maximum Gasteiger partial charge on any atom is 0.237 e. The molecule has 2 N–H and O–H groups in total. The zero-order chi connectivity index (χ0) is 11.7. The van der Waals surface area contributed by atoms with Gasteiger partial charge in [-0.2, -0.15) is 4.98 Å². The highest BCUT2D eigenvalue weighted by Gasteiger charge is 2.28. The summed E-state index contributed by atoms with van der Waals surface area (Å²) in [6.07, 6.45) is 2.38. The molecular formula is C12H13N3OS. The van der Waals surface area contributed by atoms with Crippen LogP contribution in [0.3, 0.4) is 0 Å². The van der Waals surface area contributed by atoms with Gasteiger partial charge in [-0.25, -0.2) is 0 Å². The van der Waals surface area contributed by atoms with Crippen molar-refractivity contribution in [2.75, 3.05) is 5.73 Å². The number of nitrogens with zero attached hydrogens (tertiary/aromatic N) is 2. The summed E-state index contributed by atoms with van der Waals surface area (Å²) in [4.78, 5) is 5.43. The van der Waals surface area contributed by atoms with E-state index in [0.717, 1.165) is 16.4 Å². The van der Waals surface area contributed by atoms with E-state index in [-0.39, 0.29) is 0 Å². The number of rotatable bonds is 4. The maximum atomic E-state index is 5.86.